The number of pyridine rings is 1. The molecule has 1 unspecified atom stereocenters. The van der Waals surface area contributed by atoms with Gasteiger partial charge in [0, 0.05) is 18.9 Å². The maximum absolute atomic E-state index is 12.6. The number of rotatable bonds is 3. The van der Waals surface area contributed by atoms with Crippen molar-refractivity contribution in [2.24, 2.45) is 5.92 Å². The van der Waals surface area contributed by atoms with Crippen molar-refractivity contribution in [1.82, 2.24) is 4.98 Å². The zero-order valence-corrected chi connectivity index (χ0v) is 12.5. The fourth-order valence-electron chi connectivity index (χ4n) is 2.04. The maximum Gasteiger partial charge on any atom is 0.302 e. The molecule has 1 fully saturated rings. The van der Waals surface area contributed by atoms with Gasteiger partial charge in [0.25, 0.3) is 0 Å². The number of aromatic nitrogens is 1. The summed E-state index contributed by atoms with van der Waals surface area (Å²) in [4.78, 5) is 17.4. The zero-order chi connectivity index (χ0) is 14.2. The number of hydrogen-bond donors (Lipinski definition) is 0. The van der Waals surface area contributed by atoms with Gasteiger partial charge in [0.1, 0.15) is 10.4 Å². The van der Waals surface area contributed by atoms with Crippen LogP contribution in [0.1, 0.15) is 12.0 Å². The predicted molar refractivity (Wildman–Crippen MR) is 72.0 cm³/mol. The van der Waals surface area contributed by atoms with Gasteiger partial charge in [-0.15, -0.1) is 3.89 Å². The molecular weight excluding hydrogens is 339 g/mol. The van der Waals surface area contributed by atoms with Gasteiger partial charge in [0.2, 0.25) is 5.91 Å². The van der Waals surface area contributed by atoms with Crippen LogP contribution in [0.3, 0.4) is 0 Å². The van der Waals surface area contributed by atoms with Gasteiger partial charge in [-0.2, -0.15) is 8.42 Å². The van der Waals surface area contributed by atoms with E-state index in [2.05, 4.69) is 20.9 Å². The summed E-state index contributed by atoms with van der Waals surface area (Å²) in [7, 11) is -4.56. The molecule has 104 valence electrons. The van der Waals surface area contributed by atoms with E-state index < -0.39 is 21.9 Å². The Morgan fingerprint density at radius 1 is 1.53 bits per heavy atom. The Balaban J connectivity index is 2.18. The fourth-order valence-corrected chi connectivity index (χ4v) is 3.14. The molecule has 0 aliphatic carbocycles. The maximum atomic E-state index is 12.6. The Hall–Kier alpha value is -1.02. The number of nitrogens with zero attached hydrogens (tertiary/aromatic N) is 2. The Labute approximate surface area is 119 Å². The van der Waals surface area contributed by atoms with Gasteiger partial charge < -0.3 is 0 Å². The van der Waals surface area contributed by atoms with Gasteiger partial charge in [-0.25, -0.2) is 4.98 Å². The van der Waals surface area contributed by atoms with Crippen LogP contribution >= 0.6 is 15.9 Å². The smallest absolute Gasteiger partial charge is 0.296 e. The average Bonchev–Trinajstić information content (AvgIpc) is 2.61. The third kappa shape index (κ3) is 3.50. The summed E-state index contributed by atoms with van der Waals surface area (Å²) in [6, 6.07) is 3.49. The highest BCUT2D eigenvalue weighted by molar-refractivity contribution is 9.10. The molecule has 2 heterocycles. The molecule has 1 aliphatic rings. The molecule has 1 aromatic rings. The van der Waals surface area contributed by atoms with Crippen molar-refractivity contribution in [3.8, 4) is 0 Å². The number of carbonyl (C=O) groups excluding carboxylic acids is 1. The largest absolute Gasteiger partial charge is 0.302 e. The topological polar surface area (TPSA) is 67.3 Å². The summed E-state index contributed by atoms with van der Waals surface area (Å²) in [6.07, 6.45) is 0.0241. The summed E-state index contributed by atoms with van der Waals surface area (Å²) >= 11 is 3.27. The number of halogens is 2. The highest BCUT2D eigenvalue weighted by Crippen LogP contribution is 2.26. The molecule has 0 spiro atoms. The minimum atomic E-state index is -4.56. The van der Waals surface area contributed by atoms with Crippen molar-refractivity contribution in [3.63, 3.8) is 0 Å². The lowest BCUT2D eigenvalue weighted by atomic mass is 10.1. The molecule has 1 amide bonds. The zero-order valence-electron chi connectivity index (χ0n) is 10.1. The van der Waals surface area contributed by atoms with Crippen molar-refractivity contribution >= 4 is 37.9 Å². The minimum absolute atomic E-state index is 0.0241. The molecule has 0 radical (unpaired) electrons. The van der Waals surface area contributed by atoms with Crippen molar-refractivity contribution < 1.29 is 17.1 Å². The van der Waals surface area contributed by atoms with E-state index in [0.717, 1.165) is 5.56 Å². The van der Waals surface area contributed by atoms with E-state index in [-0.39, 0.29) is 18.9 Å². The molecule has 1 atom stereocenters. The Kier molecular flexibility index (Phi) is 3.91. The molecular formula is C11H12BrFN2O3S. The van der Waals surface area contributed by atoms with Crippen LogP contribution in [-0.2, 0) is 15.0 Å². The third-order valence-electron chi connectivity index (χ3n) is 2.94. The van der Waals surface area contributed by atoms with Gasteiger partial charge in [0.15, 0.2) is 0 Å². The summed E-state index contributed by atoms with van der Waals surface area (Å²) < 4.78 is 34.5. The lowest BCUT2D eigenvalue weighted by molar-refractivity contribution is -0.117. The first kappa shape index (κ1) is 14.4. The Bertz CT molecular complexity index is 620. The highest BCUT2D eigenvalue weighted by Gasteiger charge is 2.34. The van der Waals surface area contributed by atoms with Gasteiger partial charge in [-0.3, -0.25) is 9.69 Å². The number of amides is 1. The van der Waals surface area contributed by atoms with Crippen LogP contribution in [0.25, 0.3) is 0 Å². The second kappa shape index (κ2) is 5.16. The van der Waals surface area contributed by atoms with Crippen LogP contribution in [-0.4, -0.2) is 31.6 Å². The van der Waals surface area contributed by atoms with E-state index in [1.165, 1.54) is 4.90 Å². The van der Waals surface area contributed by atoms with Gasteiger partial charge >= 0.3 is 10.2 Å². The van der Waals surface area contributed by atoms with Crippen molar-refractivity contribution in [2.75, 3.05) is 17.2 Å². The monoisotopic (exact) mass is 350 g/mol. The summed E-state index contributed by atoms with van der Waals surface area (Å²) in [6.45, 7) is 2.04. The summed E-state index contributed by atoms with van der Waals surface area (Å²) in [5.41, 5.74) is 0.929. The van der Waals surface area contributed by atoms with Crippen molar-refractivity contribution in [2.45, 2.75) is 13.3 Å². The molecule has 8 heteroatoms. The molecule has 0 bridgehead atoms. The molecule has 0 N–H and O–H groups in total. The molecule has 5 nitrogen and oxygen atoms in total. The first-order valence-corrected chi connectivity index (χ1v) is 7.96. The molecule has 19 heavy (non-hydrogen) atoms. The molecule has 0 aromatic carbocycles. The summed E-state index contributed by atoms with van der Waals surface area (Å²) in [5, 5.41) is 0. The van der Waals surface area contributed by atoms with E-state index >= 15 is 0 Å². The standard InChI is InChI=1S/C11H12BrFN2O3S/c1-7-2-3-9(14-11(7)12)15-5-8(4-10(15)16)6-19(13,17)18/h2-3,8H,4-6H2,1H3. The van der Waals surface area contributed by atoms with Crippen LogP contribution in [0.15, 0.2) is 16.7 Å². The molecule has 2 rings (SSSR count). The summed E-state index contributed by atoms with van der Waals surface area (Å²) in [5.74, 6) is -0.940. The van der Waals surface area contributed by atoms with Crippen LogP contribution in [0, 0.1) is 12.8 Å². The predicted octanol–water partition coefficient (Wildman–Crippen LogP) is 1.80. The normalized spacial score (nSPS) is 20.1. The lowest BCUT2D eigenvalue weighted by Gasteiger charge is -2.16. The van der Waals surface area contributed by atoms with Gasteiger partial charge in [-0.1, -0.05) is 6.07 Å². The van der Waals surface area contributed by atoms with Gasteiger partial charge in [-0.05, 0) is 34.5 Å². The molecule has 1 saturated heterocycles. The van der Waals surface area contributed by atoms with E-state index in [0.29, 0.717) is 10.4 Å². The first-order valence-electron chi connectivity index (χ1n) is 5.62. The SMILES string of the molecule is Cc1ccc(N2CC(CS(=O)(=O)F)CC2=O)nc1Br. The van der Waals surface area contributed by atoms with Gasteiger partial charge in [0.05, 0.1) is 5.75 Å². The second-order valence-electron chi connectivity index (χ2n) is 4.56. The first-order chi connectivity index (χ1) is 8.76. The number of anilines is 1. The van der Waals surface area contributed by atoms with E-state index in [1.807, 2.05) is 6.92 Å². The van der Waals surface area contributed by atoms with Crippen LogP contribution in [0.2, 0.25) is 0 Å². The number of carbonyl (C=O) groups is 1. The Morgan fingerprint density at radius 2 is 2.21 bits per heavy atom. The van der Waals surface area contributed by atoms with Crippen molar-refractivity contribution in [3.05, 3.63) is 22.3 Å². The fraction of sp³-hybridized carbons (Fsp3) is 0.455. The third-order valence-corrected chi connectivity index (χ3v) is 4.61. The van der Waals surface area contributed by atoms with Crippen molar-refractivity contribution in [1.29, 1.82) is 0 Å². The van der Waals surface area contributed by atoms with Crippen LogP contribution in [0.4, 0.5) is 9.70 Å². The lowest BCUT2D eigenvalue weighted by Crippen LogP contribution is -2.26. The minimum Gasteiger partial charge on any atom is -0.296 e. The van der Waals surface area contributed by atoms with E-state index in [1.54, 1.807) is 12.1 Å². The number of aryl methyl sites for hydroxylation is 1. The van der Waals surface area contributed by atoms with E-state index in [4.69, 9.17) is 0 Å². The molecule has 1 aromatic heterocycles. The molecule has 0 saturated carbocycles. The highest BCUT2D eigenvalue weighted by atomic mass is 79.9. The van der Waals surface area contributed by atoms with Crippen LogP contribution in [0.5, 0.6) is 0 Å². The quantitative estimate of drug-likeness (QED) is 0.615. The Morgan fingerprint density at radius 3 is 2.79 bits per heavy atom. The number of hydrogen-bond acceptors (Lipinski definition) is 4. The second-order valence-corrected chi connectivity index (χ2v) is 6.72. The van der Waals surface area contributed by atoms with Crippen LogP contribution < -0.4 is 4.90 Å². The average molecular weight is 351 g/mol. The molecule has 1 aliphatic heterocycles. The van der Waals surface area contributed by atoms with E-state index in [9.17, 15) is 17.1 Å².